The van der Waals surface area contributed by atoms with Gasteiger partial charge in [-0.05, 0) is 60.5 Å². The molecule has 0 saturated heterocycles. The molecule has 21 heavy (non-hydrogen) atoms. The molecule has 2 rings (SSSR count). The molecule has 0 fully saturated rings. The van der Waals surface area contributed by atoms with Crippen LogP contribution in [0.1, 0.15) is 22.8 Å². The van der Waals surface area contributed by atoms with Crippen LogP contribution in [0.2, 0.25) is 0 Å². The molecule has 0 heterocycles. The van der Waals surface area contributed by atoms with Gasteiger partial charge in [-0.1, -0.05) is 12.1 Å². The minimum absolute atomic E-state index is 0.00784. The first kappa shape index (κ1) is 14.9. The fraction of sp³-hybridized carbons (Fsp3) is 0.167. The van der Waals surface area contributed by atoms with Crippen molar-refractivity contribution < 1.29 is 14.3 Å². The zero-order chi connectivity index (χ0) is 15.2. The first-order valence-electron chi connectivity index (χ1n) is 6.65. The third-order valence-corrected chi connectivity index (χ3v) is 3.21. The summed E-state index contributed by atoms with van der Waals surface area (Å²) in [6.07, 6.45) is 1.87. The van der Waals surface area contributed by atoms with Crippen LogP contribution in [-0.4, -0.2) is 20.0 Å². The van der Waals surface area contributed by atoms with Gasteiger partial charge in [-0.3, -0.25) is 4.79 Å². The normalized spacial score (nSPS) is 11.1. The van der Waals surface area contributed by atoms with Gasteiger partial charge in [-0.15, -0.1) is 0 Å². The summed E-state index contributed by atoms with van der Waals surface area (Å²) < 4.78 is 10.2. The average Bonchev–Trinajstić information content (AvgIpc) is 2.55. The van der Waals surface area contributed by atoms with Gasteiger partial charge in [0.15, 0.2) is 5.78 Å². The molecule has 0 atom stereocenters. The summed E-state index contributed by atoms with van der Waals surface area (Å²) in [7, 11) is 3.23. The number of allylic oxidation sites excluding steroid dienone is 1. The van der Waals surface area contributed by atoms with E-state index in [0.717, 1.165) is 17.1 Å². The minimum Gasteiger partial charge on any atom is -0.497 e. The Morgan fingerprint density at radius 3 is 1.81 bits per heavy atom. The molecular formula is C18H18O3. The molecule has 0 aliphatic carbocycles. The monoisotopic (exact) mass is 282 g/mol. The van der Waals surface area contributed by atoms with Gasteiger partial charge in [0, 0.05) is 5.56 Å². The molecule has 3 heteroatoms. The van der Waals surface area contributed by atoms with Crippen molar-refractivity contribution in [3.8, 4) is 11.5 Å². The molecule has 0 aliphatic rings. The van der Waals surface area contributed by atoms with E-state index in [1.165, 1.54) is 0 Å². The van der Waals surface area contributed by atoms with Gasteiger partial charge in [-0.25, -0.2) is 0 Å². The van der Waals surface area contributed by atoms with Crippen molar-refractivity contribution in [2.75, 3.05) is 14.2 Å². The van der Waals surface area contributed by atoms with Gasteiger partial charge >= 0.3 is 0 Å². The largest absolute Gasteiger partial charge is 0.497 e. The molecule has 108 valence electrons. The summed E-state index contributed by atoms with van der Waals surface area (Å²) in [5.41, 5.74) is 2.30. The lowest BCUT2D eigenvalue weighted by Gasteiger charge is -2.04. The smallest absolute Gasteiger partial charge is 0.188 e. The lowest BCUT2D eigenvalue weighted by molar-refractivity contribution is 0.103. The first-order valence-corrected chi connectivity index (χ1v) is 6.65. The average molecular weight is 282 g/mol. The second kappa shape index (κ2) is 6.75. The predicted molar refractivity (Wildman–Crippen MR) is 84.0 cm³/mol. The van der Waals surface area contributed by atoms with E-state index in [0.29, 0.717) is 11.1 Å². The number of carbonyl (C=O) groups is 1. The molecule has 0 aliphatic heterocycles. The van der Waals surface area contributed by atoms with E-state index in [2.05, 4.69) is 0 Å². The number of hydrogen-bond donors (Lipinski definition) is 0. The number of ketones is 1. The Morgan fingerprint density at radius 2 is 1.33 bits per heavy atom. The number of benzene rings is 2. The lowest BCUT2D eigenvalue weighted by Crippen LogP contribution is -2.00. The number of methoxy groups -OCH3 is 2. The Kier molecular flexibility index (Phi) is 4.77. The summed E-state index contributed by atoms with van der Waals surface area (Å²) in [5, 5.41) is 0. The van der Waals surface area contributed by atoms with E-state index < -0.39 is 0 Å². The third-order valence-electron chi connectivity index (χ3n) is 3.21. The molecule has 2 aromatic rings. The number of ether oxygens (including phenoxy) is 2. The van der Waals surface area contributed by atoms with Crippen molar-refractivity contribution in [1.29, 1.82) is 0 Å². The van der Waals surface area contributed by atoms with Crippen LogP contribution in [0.25, 0.3) is 6.08 Å². The van der Waals surface area contributed by atoms with Crippen molar-refractivity contribution in [1.82, 2.24) is 0 Å². The molecule has 0 radical (unpaired) electrons. The summed E-state index contributed by atoms with van der Waals surface area (Å²) in [5.74, 6) is 1.54. The van der Waals surface area contributed by atoms with Crippen LogP contribution in [0, 0.1) is 0 Å². The summed E-state index contributed by atoms with van der Waals surface area (Å²) in [6, 6.07) is 14.7. The fourth-order valence-corrected chi connectivity index (χ4v) is 1.99. The van der Waals surface area contributed by atoms with E-state index in [4.69, 9.17) is 9.47 Å². The van der Waals surface area contributed by atoms with Crippen molar-refractivity contribution in [3.05, 3.63) is 65.2 Å². The Balaban J connectivity index is 2.18. The molecular weight excluding hydrogens is 264 g/mol. The van der Waals surface area contributed by atoms with Crippen LogP contribution in [0.3, 0.4) is 0 Å². The first-order chi connectivity index (χ1) is 10.1. The zero-order valence-electron chi connectivity index (χ0n) is 12.4. The molecule has 2 aromatic carbocycles. The van der Waals surface area contributed by atoms with Crippen LogP contribution in [0.5, 0.6) is 11.5 Å². The molecule has 0 aromatic heterocycles. The highest BCUT2D eigenvalue weighted by Gasteiger charge is 2.08. The number of carbonyl (C=O) groups excluding carboxylic acids is 1. The number of rotatable bonds is 5. The van der Waals surface area contributed by atoms with Crippen molar-refractivity contribution in [2.24, 2.45) is 0 Å². The molecule has 0 spiro atoms. The summed E-state index contributed by atoms with van der Waals surface area (Å²) >= 11 is 0. The van der Waals surface area contributed by atoms with E-state index in [1.54, 1.807) is 38.5 Å². The number of hydrogen-bond acceptors (Lipinski definition) is 3. The molecule has 0 amide bonds. The van der Waals surface area contributed by atoms with Gasteiger partial charge in [0.2, 0.25) is 0 Å². The lowest BCUT2D eigenvalue weighted by atomic mass is 10.0. The van der Waals surface area contributed by atoms with Crippen molar-refractivity contribution in [3.63, 3.8) is 0 Å². The molecule has 0 bridgehead atoms. The van der Waals surface area contributed by atoms with Gasteiger partial charge in [0.25, 0.3) is 0 Å². The fourth-order valence-electron chi connectivity index (χ4n) is 1.99. The maximum absolute atomic E-state index is 12.3. The highest BCUT2D eigenvalue weighted by molar-refractivity contribution is 6.10. The molecule has 0 saturated carbocycles. The van der Waals surface area contributed by atoms with Gasteiger partial charge in [0.1, 0.15) is 11.5 Å². The van der Waals surface area contributed by atoms with Crippen LogP contribution in [0.4, 0.5) is 0 Å². The maximum Gasteiger partial charge on any atom is 0.188 e. The van der Waals surface area contributed by atoms with E-state index in [-0.39, 0.29) is 5.78 Å². The molecule has 0 N–H and O–H groups in total. The summed E-state index contributed by atoms with van der Waals surface area (Å²) in [6.45, 7) is 1.82. The van der Waals surface area contributed by atoms with E-state index in [1.807, 2.05) is 37.3 Å². The van der Waals surface area contributed by atoms with Gasteiger partial charge in [0.05, 0.1) is 14.2 Å². The van der Waals surface area contributed by atoms with Crippen molar-refractivity contribution in [2.45, 2.75) is 6.92 Å². The van der Waals surface area contributed by atoms with Crippen LogP contribution in [-0.2, 0) is 0 Å². The predicted octanol–water partition coefficient (Wildman–Crippen LogP) is 3.99. The van der Waals surface area contributed by atoms with E-state index >= 15 is 0 Å². The van der Waals surface area contributed by atoms with E-state index in [9.17, 15) is 4.79 Å². The Labute approximate surface area is 124 Å². The molecule has 3 nitrogen and oxygen atoms in total. The Bertz CT molecular complexity index is 637. The van der Waals surface area contributed by atoms with Crippen LogP contribution in [0.15, 0.2) is 54.1 Å². The maximum atomic E-state index is 12.3. The third kappa shape index (κ3) is 3.72. The van der Waals surface area contributed by atoms with Crippen molar-refractivity contribution >= 4 is 11.9 Å². The standard InChI is InChI=1S/C18H18O3/c1-13(12-14-4-8-16(20-2)9-5-14)18(19)15-6-10-17(21-3)11-7-15/h4-12H,1-3H3/b13-12+. The SMILES string of the molecule is COc1ccc(/C=C(\C)C(=O)c2ccc(OC)cc2)cc1. The van der Waals surface area contributed by atoms with Crippen LogP contribution >= 0.6 is 0 Å². The topological polar surface area (TPSA) is 35.5 Å². The second-order valence-corrected chi connectivity index (χ2v) is 4.66. The van der Waals surface area contributed by atoms with Gasteiger partial charge in [-0.2, -0.15) is 0 Å². The highest BCUT2D eigenvalue weighted by atomic mass is 16.5. The quantitative estimate of drug-likeness (QED) is 0.614. The Hall–Kier alpha value is -2.55. The van der Waals surface area contributed by atoms with Crippen LogP contribution < -0.4 is 9.47 Å². The highest BCUT2D eigenvalue weighted by Crippen LogP contribution is 2.18. The second-order valence-electron chi connectivity index (χ2n) is 4.66. The zero-order valence-corrected chi connectivity index (χ0v) is 12.4. The summed E-state index contributed by atoms with van der Waals surface area (Å²) in [4.78, 5) is 12.3. The Morgan fingerprint density at radius 1 is 0.857 bits per heavy atom. The van der Waals surface area contributed by atoms with Gasteiger partial charge < -0.3 is 9.47 Å². The molecule has 0 unspecified atom stereocenters. The minimum atomic E-state index is 0.00784. The number of Topliss-reactive ketones (excluding diaryl/α,β-unsaturated/α-hetero) is 1.